The molecule has 0 unspecified atom stereocenters. The lowest BCUT2D eigenvalue weighted by Crippen LogP contribution is -2.47. The molecule has 0 bridgehead atoms. The average molecular weight is 506 g/mol. The van der Waals surface area contributed by atoms with E-state index in [1.165, 1.54) is 5.69 Å². The van der Waals surface area contributed by atoms with Gasteiger partial charge < -0.3 is 24.5 Å². The minimum Gasteiger partial charge on any atom is -0.491 e. The van der Waals surface area contributed by atoms with Gasteiger partial charge in [0.2, 0.25) is 5.95 Å². The third-order valence-electron chi connectivity index (χ3n) is 6.22. The number of fused-ring (bicyclic) bond motifs is 1. The molecule has 0 atom stereocenters. The van der Waals surface area contributed by atoms with Crippen molar-refractivity contribution in [1.82, 2.24) is 24.6 Å². The number of hydrogen-bond acceptors (Lipinski definition) is 11. The van der Waals surface area contributed by atoms with E-state index in [0.717, 1.165) is 49.6 Å². The van der Waals surface area contributed by atoms with E-state index in [1.807, 2.05) is 28.9 Å². The van der Waals surface area contributed by atoms with Crippen LogP contribution in [0.4, 0.5) is 17.5 Å². The largest absolute Gasteiger partial charge is 0.491 e. The van der Waals surface area contributed by atoms with Crippen LogP contribution < -0.4 is 15.4 Å². The van der Waals surface area contributed by atoms with Gasteiger partial charge in [0.15, 0.2) is 11.5 Å². The lowest BCUT2D eigenvalue weighted by molar-refractivity contribution is 0.146. The van der Waals surface area contributed by atoms with E-state index < -0.39 is 0 Å². The highest BCUT2D eigenvalue weighted by atomic mass is 16.5. The summed E-state index contributed by atoms with van der Waals surface area (Å²) in [7, 11) is 1.67. The molecule has 0 amide bonds. The Bertz CT molecular complexity index is 1300. The normalized spacial score (nSPS) is 14.7. The first kappa shape index (κ1) is 24.7. The number of hydrogen-bond donors (Lipinski definition) is 1. The Morgan fingerprint density at radius 1 is 1.03 bits per heavy atom. The summed E-state index contributed by atoms with van der Waals surface area (Å²) >= 11 is 0. The number of rotatable bonds is 11. The fourth-order valence-corrected chi connectivity index (χ4v) is 4.23. The number of benzene rings is 1. The molecular formula is C25H31N9O3. The van der Waals surface area contributed by atoms with E-state index in [0.29, 0.717) is 37.8 Å². The number of nitrogens with zero attached hydrogens (tertiary/aromatic N) is 8. The zero-order chi connectivity index (χ0) is 25.5. The van der Waals surface area contributed by atoms with Crippen LogP contribution in [-0.4, -0.2) is 77.7 Å². The van der Waals surface area contributed by atoms with Crippen molar-refractivity contribution < 1.29 is 13.9 Å². The van der Waals surface area contributed by atoms with Crippen molar-refractivity contribution in [2.75, 3.05) is 63.7 Å². The van der Waals surface area contributed by atoms with Crippen LogP contribution in [0.3, 0.4) is 0 Å². The van der Waals surface area contributed by atoms with E-state index in [-0.39, 0.29) is 5.95 Å². The first-order valence-electron chi connectivity index (χ1n) is 12.3. The minimum atomic E-state index is 0.143. The summed E-state index contributed by atoms with van der Waals surface area (Å²) in [6, 6.07) is 11.9. The quantitative estimate of drug-likeness (QED) is 0.241. The summed E-state index contributed by atoms with van der Waals surface area (Å²) in [5.41, 5.74) is 7.82. The van der Waals surface area contributed by atoms with Crippen LogP contribution in [0.25, 0.3) is 11.0 Å². The molecule has 1 fully saturated rings. The van der Waals surface area contributed by atoms with Gasteiger partial charge in [0, 0.05) is 45.5 Å². The van der Waals surface area contributed by atoms with Gasteiger partial charge in [0.05, 0.1) is 31.0 Å². The second-order valence-corrected chi connectivity index (χ2v) is 8.65. The van der Waals surface area contributed by atoms with Gasteiger partial charge in [-0.15, -0.1) is 5.11 Å². The molecule has 1 saturated heterocycles. The lowest BCUT2D eigenvalue weighted by atomic mass is 10.2. The van der Waals surface area contributed by atoms with Crippen LogP contribution in [0.1, 0.15) is 5.76 Å². The van der Waals surface area contributed by atoms with Crippen molar-refractivity contribution in [3.63, 3.8) is 0 Å². The van der Waals surface area contributed by atoms with Crippen LogP contribution in [0, 0.1) is 0 Å². The highest BCUT2D eigenvalue weighted by Crippen LogP contribution is 2.25. The fraction of sp³-hybridized carbons (Fsp3) is 0.400. The Hall–Kier alpha value is -4.03. The minimum absolute atomic E-state index is 0.143. The molecule has 0 saturated carbocycles. The van der Waals surface area contributed by atoms with Gasteiger partial charge in [-0.3, -0.25) is 4.90 Å². The summed E-state index contributed by atoms with van der Waals surface area (Å²) in [5.74, 6) is 2.13. The number of anilines is 2. The Morgan fingerprint density at radius 3 is 2.62 bits per heavy atom. The number of furan rings is 1. The molecule has 12 heteroatoms. The van der Waals surface area contributed by atoms with Gasteiger partial charge in [0.25, 0.3) is 0 Å². The summed E-state index contributed by atoms with van der Waals surface area (Å²) in [6.07, 6.45) is 3.32. The number of azo groups is 1. The SMILES string of the molecule is COCCOc1ccc(N2CCN(CCn3ncc4c(N=NCc5ccco5)nc(N)nc43)CC2)cc1. The molecule has 37 heavy (non-hydrogen) atoms. The Morgan fingerprint density at radius 2 is 1.86 bits per heavy atom. The van der Waals surface area contributed by atoms with Crippen molar-refractivity contribution in [2.24, 2.45) is 10.2 Å². The maximum Gasteiger partial charge on any atom is 0.224 e. The number of nitrogen functional groups attached to an aromatic ring is 1. The molecular weight excluding hydrogens is 474 g/mol. The monoisotopic (exact) mass is 505 g/mol. The standard InChI is InChI=1S/C25H31N9O3/c1-35-15-16-37-20-6-4-19(5-7-20)33-11-8-32(9-12-33)10-13-34-24-22(18-28-34)23(29-25(26)30-24)31-27-17-21-3-2-14-36-21/h2-7,14,18H,8-13,15-17H2,1H3,(H2,26,29,30). The zero-order valence-electron chi connectivity index (χ0n) is 20.9. The molecule has 3 aromatic heterocycles. The predicted molar refractivity (Wildman–Crippen MR) is 139 cm³/mol. The molecule has 1 aliphatic heterocycles. The molecule has 0 spiro atoms. The van der Waals surface area contributed by atoms with Gasteiger partial charge >= 0.3 is 0 Å². The van der Waals surface area contributed by atoms with E-state index in [4.69, 9.17) is 19.6 Å². The number of ether oxygens (including phenoxy) is 2. The van der Waals surface area contributed by atoms with Crippen LogP contribution in [0.5, 0.6) is 5.75 Å². The second-order valence-electron chi connectivity index (χ2n) is 8.65. The van der Waals surface area contributed by atoms with E-state index in [2.05, 4.69) is 47.2 Å². The third-order valence-corrected chi connectivity index (χ3v) is 6.22. The molecule has 194 valence electrons. The topological polar surface area (TPSA) is 132 Å². The number of methoxy groups -OCH3 is 1. The van der Waals surface area contributed by atoms with Gasteiger partial charge in [0.1, 0.15) is 24.7 Å². The number of nitrogens with two attached hydrogens (primary N) is 1. The van der Waals surface area contributed by atoms with Gasteiger partial charge in [-0.2, -0.15) is 20.2 Å². The van der Waals surface area contributed by atoms with Crippen molar-refractivity contribution in [2.45, 2.75) is 13.1 Å². The molecule has 1 aliphatic rings. The summed E-state index contributed by atoms with van der Waals surface area (Å²) in [5, 5.41) is 13.7. The van der Waals surface area contributed by atoms with E-state index >= 15 is 0 Å². The molecule has 4 aromatic rings. The molecule has 5 rings (SSSR count). The van der Waals surface area contributed by atoms with Crippen LogP contribution in [0.2, 0.25) is 0 Å². The lowest BCUT2D eigenvalue weighted by Gasteiger charge is -2.36. The Balaban J connectivity index is 1.15. The first-order chi connectivity index (χ1) is 18.2. The van der Waals surface area contributed by atoms with E-state index in [9.17, 15) is 0 Å². The summed E-state index contributed by atoms with van der Waals surface area (Å²) in [4.78, 5) is 13.5. The van der Waals surface area contributed by atoms with Crippen molar-refractivity contribution in [1.29, 1.82) is 0 Å². The third kappa shape index (κ3) is 6.22. The second kappa shape index (κ2) is 11.8. The summed E-state index contributed by atoms with van der Waals surface area (Å²) < 4.78 is 17.8. The van der Waals surface area contributed by atoms with Crippen LogP contribution in [-0.2, 0) is 17.8 Å². The van der Waals surface area contributed by atoms with E-state index in [1.54, 1.807) is 19.6 Å². The Kier molecular flexibility index (Phi) is 7.87. The maximum absolute atomic E-state index is 5.96. The molecule has 4 heterocycles. The Labute approximate surface area is 214 Å². The smallest absolute Gasteiger partial charge is 0.224 e. The fourth-order valence-electron chi connectivity index (χ4n) is 4.23. The highest BCUT2D eigenvalue weighted by Gasteiger charge is 2.18. The molecule has 0 radical (unpaired) electrons. The highest BCUT2D eigenvalue weighted by molar-refractivity contribution is 5.85. The molecule has 1 aromatic carbocycles. The van der Waals surface area contributed by atoms with Crippen molar-refractivity contribution in [3.8, 4) is 5.75 Å². The summed E-state index contributed by atoms with van der Waals surface area (Å²) in [6.45, 7) is 6.85. The zero-order valence-corrected chi connectivity index (χ0v) is 20.9. The molecule has 0 aliphatic carbocycles. The van der Waals surface area contributed by atoms with Crippen molar-refractivity contribution >= 4 is 28.5 Å². The number of aromatic nitrogens is 4. The maximum atomic E-state index is 5.96. The average Bonchev–Trinajstić information content (AvgIpc) is 3.58. The van der Waals surface area contributed by atoms with Crippen molar-refractivity contribution in [3.05, 3.63) is 54.6 Å². The number of piperazine rings is 1. The first-order valence-corrected chi connectivity index (χ1v) is 12.3. The molecule has 2 N–H and O–H groups in total. The van der Waals surface area contributed by atoms with Gasteiger partial charge in [-0.25, -0.2) is 4.68 Å². The van der Waals surface area contributed by atoms with Crippen LogP contribution >= 0.6 is 0 Å². The predicted octanol–water partition coefficient (Wildman–Crippen LogP) is 3.13. The van der Waals surface area contributed by atoms with Gasteiger partial charge in [-0.05, 0) is 36.4 Å². The van der Waals surface area contributed by atoms with Crippen LogP contribution in [0.15, 0.2) is 63.5 Å². The molecule has 12 nitrogen and oxygen atoms in total. The van der Waals surface area contributed by atoms with Gasteiger partial charge in [-0.1, -0.05) is 0 Å².